The van der Waals surface area contributed by atoms with E-state index in [-0.39, 0.29) is 0 Å². The molecule has 1 aromatic heterocycles. The second kappa shape index (κ2) is 4.74. The van der Waals surface area contributed by atoms with Crippen LogP contribution in [0.5, 0.6) is 0 Å². The molecule has 0 saturated heterocycles. The molecule has 0 aromatic carbocycles. The van der Waals surface area contributed by atoms with Gasteiger partial charge in [0.2, 0.25) is 0 Å². The average molecular weight is 249 g/mol. The predicted octanol–water partition coefficient (Wildman–Crippen LogP) is 4.15. The number of rotatable bonds is 2. The number of hydrogen-bond donors (Lipinski definition) is 1. The summed E-state index contributed by atoms with van der Waals surface area (Å²) in [6, 6.07) is 3.74. The molecule has 94 valence electrons. The Labute approximate surface area is 109 Å². The molecule has 4 atom stereocenters. The number of nitrogens with one attached hydrogen (secondary N) is 1. The summed E-state index contributed by atoms with van der Waals surface area (Å²) >= 11 is 1.95. The van der Waals surface area contributed by atoms with Crippen LogP contribution in [0.15, 0.2) is 11.4 Å². The van der Waals surface area contributed by atoms with Crippen molar-refractivity contribution in [1.29, 1.82) is 0 Å². The van der Waals surface area contributed by atoms with Gasteiger partial charge in [-0.25, -0.2) is 0 Å². The molecule has 1 N–H and O–H groups in total. The standard InChI is InChI=1S/C15H23NS/c1-10-6-7-13(11(10)2)16-14-4-3-5-15-12(14)8-9-17-15/h8-11,13-14,16H,3-7H2,1-2H3. The van der Waals surface area contributed by atoms with Crippen LogP contribution in [0, 0.1) is 11.8 Å². The van der Waals surface area contributed by atoms with Gasteiger partial charge in [-0.3, -0.25) is 0 Å². The summed E-state index contributed by atoms with van der Waals surface area (Å²) in [5.74, 6) is 1.75. The van der Waals surface area contributed by atoms with Gasteiger partial charge in [-0.05, 0) is 60.9 Å². The zero-order chi connectivity index (χ0) is 11.8. The molecule has 1 aromatic rings. The molecular weight excluding hydrogens is 226 g/mol. The lowest BCUT2D eigenvalue weighted by molar-refractivity contribution is 0.323. The molecule has 0 radical (unpaired) electrons. The van der Waals surface area contributed by atoms with E-state index in [2.05, 4.69) is 30.6 Å². The van der Waals surface area contributed by atoms with Gasteiger partial charge in [0.25, 0.3) is 0 Å². The van der Waals surface area contributed by atoms with Gasteiger partial charge in [0.05, 0.1) is 0 Å². The average Bonchev–Trinajstić information content (AvgIpc) is 2.91. The van der Waals surface area contributed by atoms with E-state index in [1.165, 1.54) is 32.1 Å². The van der Waals surface area contributed by atoms with Crippen molar-refractivity contribution < 1.29 is 0 Å². The predicted molar refractivity (Wildman–Crippen MR) is 74.5 cm³/mol. The molecule has 0 bridgehead atoms. The first kappa shape index (κ1) is 11.7. The first-order valence-corrected chi connectivity index (χ1v) is 7.96. The van der Waals surface area contributed by atoms with E-state index in [4.69, 9.17) is 0 Å². The summed E-state index contributed by atoms with van der Waals surface area (Å²) in [5.41, 5.74) is 1.60. The van der Waals surface area contributed by atoms with Gasteiger partial charge in [0.1, 0.15) is 0 Å². The summed E-state index contributed by atoms with van der Waals surface area (Å²) in [6.07, 6.45) is 6.78. The molecular formula is C15H23NS. The van der Waals surface area contributed by atoms with E-state index >= 15 is 0 Å². The first-order chi connectivity index (χ1) is 8.25. The highest BCUT2D eigenvalue weighted by Gasteiger charge is 2.32. The van der Waals surface area contributed by atoms with Crippen molar-refractivity contribution >= 4 is 11.3 Å². The molecule has 2 aliphatic carbocycles. The topological polar surface area (TPSA) is 12.0 Å². The van der Waals surface area contributed by atoms with E-state index < -0.39 is 0 Å². The lowest BCUT2D eigenvalue weighted by atomic mass is 9.91. The van der Waals surface area contributed by atoms with Crippen molar-refractivity contribution in [3.63, 3.8) is 0 Å². The number of aryl methyl sites for hydroxylation is 1. The van der Waals surface area contributed by atoms with Crippen LogP contribution in [0.1, 0.15) is 56.0 Å². The van der Waals surface area contributed by atoms with Crippen molar-refractivity contribution in [3.05, 3.63) is 21.9 Å². The van der Waals surface area contributed by atoms with Crippen LogP contribution < -0.4 is 5.32 Å². The Bertz CT molecular complexity index is 384. The van der Waals surface area contributed by atoms with Gasteiger partial charge in [-0.15, -0.1) is 11.3 Å². The third-order valence-corrected chi connectivity index (χ3v) is 5.93. The van der Waals surface area contributed by atoms with Crippen molar-refractivity contribution in [1.82, 2.24) is 5.32 Å². The van der Waals surface area contributed by atoms with Crippen LogP contribution in [0.4, 0.5) is 0 Å². The van der Waals surface area contributed by atoms with Crippen LogP contribution >= 0.6 is 11.3 Å². The van der Waals surface area contributed by atoms with Gasteiger partial charge in [-0.2, -0.15) is 0 Å². The molecule has 0 amide bonds. The van der Waals surface area contributed by atoms with E-state index in [0.29, 0.717) is 6.04 Å². The molecule has 4 unspecified atom stereocenters. The molecule has 2 heteroatoms. The second-order valence-electron chi connectivity index (χ2n) is 5.93. The normalized spacial score (nSPS) is 37.1. The van der Waals surface area contributed by atoms with Crippen LogP contribution in [0.25, 0.3) is 0 Å². The van der Waals surface area contributed by atoms with E-state index in [0.717, 1.165) is 17.9 Å². The molecule has 1 heterocycles. The molecule has 1 saturated carbocycles. The van der Waals surface area contributed by atoms with Crippen molar-refractivity contribution in [2.45, 2.75) is 58.0 Å². The van der Waals surface area contributed by atoms with Crippen molar-refractivity contribution in [3.8, 4) is 0 Å². The Balaban J connectivity index is 1.71. The first-order valence-electron chi connectivity index (χ1n) is 7.08. The van der Waals surface area contributed by atoms with Crippen LogP contribution in [0.3, 0.4) is 0 Å². The van der Waals surface area contributed by atoms with Gasteiger partial charge < -0.3 is 5.32 Å². The minimum absolute atomic E-state index is 0.641. The van der Waals surface area contributed by atoms with Gasteiger partial charge in [-0.1, -0.05) is 13.8 Å². The molecule has 1 fully saturated rings. The van der Waals surface area contributed by atoms with Crippen molar-refractivity contribution in [2.75, 3.05) is 0 Å². The maximum atomic E-state index is 3.95. The van der Waals surface area contributed by atoms with Gasteiger partial charge in [0, 0.05) is 17.0 Å². The Morgan fingerprint density at radius 1 is 1.24 bits per heavy atom. The summed E-state index contributed by atoms with van der Waals surface area (Å²) in [5, 5.41) is 6.22. The summed E-state index contributed by atoms with van der Waals surface area (Å²) < 4.78 is 0. The third kappa shape index (κ3) is 2.17. The highest BCUT2D eigenvalue weighted by Crippen LogP contribution is 2.37. The van der Waals surface area contributed by atoms with E-state index in [9.17, 15) is 0 Å². The zero-order valence-corrected chi connectivity index (χ0v) is 11.7. The van der Waals surface area contributed by atoms with Crippen LogP contribution in [0.2, 0.25) is 0 Å². The fourth-order valence-corrected chi connectivity index (χ4v) is 4.51. The van der Waals surface area contributed by atoms with Gasteiger partial charge in [0.15, 0.2) is 0 Å². The number of thiophene rings is 1. The van der Waals surface area contributed by atoms with Crippen LogP contribution in [-0.4, -0.2) is 6.04 Å². The summed E-state index contributed by atoms with van der Waals surface area (Å²) in [7, 11) is 0. The maximum Gasteiger partial charge on any atom is 0.0333 e. The monoisotopic (exact) mass is 249 g/mol. The lowest BCUT2D eigenvalue weighted by Gasteiger charge is -2.29. The Hall–Kier alpha value is -0.340. The Morgan fingerprint density at radius 3 is 2.88 bits per heavy atom. The van der Waals surface area contributed by atoms with E-state index in [1.807, 2.05) is 11.3 Å². The minimum atomic E-state index is 0.641. The molecule has 0 aliphatic heterocycles. The highest BCUT2D eigenvalue weighted by atomic mass is 32.1. The Kier molecular flexibility index (Phi) is 3.27. The highest BCUT2D eigenvalue weighted by molar-refractivity contribution is 7.10. The third-order valence-electron chi connectivity index (χ3n) is 4.93. The Morgan fingerprint density at radius 2 is 2.12 bits per heavy atom. The fourth-order valence-electron chi connectivity index (χ4n) is 3.52. The van der Waals surface area contributed by atoms with Crippen LogP contribution in [-0.2, 0) is 6.42 Å². The molecule has 3 rings (SSSR count). The maximum absolute atomic E-state index is 3.95. The molecule has 2 aliphatic rings. The quantitative estimate of drug-likeness (QED) is 0.830. The minimum Gasteiger partial charge on any atom is -0.307 e. The fraction of sp³-hybridized carbons (Fsp3) is 0.733. The van der Waals surface area contributed by atoms with E-state index in [1.54, 1.807) is 10.4 Å². The molecule has 0 spiro atoms. The molecule has 17 heavy (non-hydrogen) atoms. The smallest absolute Gasteiger partial charge is 0.0333 e. The SMILES string of the molecule is CC1CCC(NC2CCCc3sccc32)C1C. The second-order valence-corrected chi connectivity index (χ2v) is 6.93. The number of hydrogen-bond acceptors (Lipinski definition) is 2. The number of fused-ring (bicyclic) bond motifs is 1. The zero-order valence-electron chi connectivity index (χ0n) is 10.9. The summed E-state index contributed by atoms with van der Waals surface area (Å²) in [4.78, 5) is 1.63. The van der Waals surface area contributed by atoms with Crippen molar-refractivity contribution in [2.24, 2.45) is 11.8 Å². The largest absolute Gasteiger partial charge is 0.307 e. The molecule has 1 nitrogen and oxygen atoms in total. The summed E-state index contributed by atoms with van der Waals surface area (Å²) in [6.45, 7) is 4.83. The van der Waals surface area contributed by atoms with Gasteiger partial charge >= 0.3 is 0 Å². The lowest BCUT2D eigenvalue weighted by Crippen LogP contribution is -2.36.